The number of rotatable bonds is 5. The molecule has 0 radical (unpaired) electrons. The molecule has 8 nitrogen and oxygen atoms in total. The van der Waals surface area contributed by atoms with Gasteiger partial charge >= 0.3 is 12.1 Å². The van der Waals surface area contributed by atoms with Gasteiger partial charge in [-0.05, 0) is 63.3 Å². The van der Waals surface area contributed by atoms with Gasteiger partial charge in [-0.3, -0.25) is 4.90 Å². The van der Waals surface area contributed by atoms with E-state index in [1.807, 2.05) is 26.8 Å². The third kappa shape index (κ3) is 6.33. The SMILES string of the molecule is CC(C)(C)OC(=O)N1CCN(CC2CCN(c3ccc(C(=O)O)c(CO)c3)CC2)CC1. The number of piperazine rings is 1. The maximum absolute atomic E-state index is 12.2. The maximum Gasteiger partial charge on any atom is 0.410 e. The third-order valence-corrected chi connectivity index (χ3v) is 6.01. The Morgan fingerprint density at radius 1 is 1.06 bits per heavy atom. The lowest BCUT2D eigenvalue weighted by molar-refractivity contribution is 0.0130. The van der Waals surface area contributed by atoms with Crippen molar-refractivity contribution >= 4 is 17.7 Å². The molecule has 1 aromatic carbocycles. The van der Waals surface area contributed by atoms with Crippen molar-refractivity contribution in [3.63, 3.8) is 0 Å². The molecule has 0 bridgehead atoms. The van der Waals surface area contributed by atoms with Crippen LogP contribution in [0.25, 0.3) is 0 Å². The summed E-state index contributed by atoms with van der Waals surface area (Å²) < 4.78 is 5.47. The van der Waals surface area contributed by atoms with E-state index in [2.05, 4.69) is 9.80 Å². The lowest BCUT2D eigenvalue weighted by atomic mass is 9.95. The lowest BCUT2D eigenvalue weighted by Crippen LogP contribution is -2.51. The first-order valence-corrected chi connectivity index (χ1v) is 11.1. The Hall–Kier alpha value is -2.32. The van der Waals surface area contributed by atoms with E-state index >= 15 is 0 Å². The molecule has 0 unspecified atom stereocenters. The Morgan fingerprint density at radius 3 is 2.26 bits per heavy atom. The van der Waals surface area contributed by atoms with Crippen LogP contribution in [0, 0.1) is 5.92 Å². The van der Waals surface area contributed by atoms with Gasteiger partial charge in [0.2, 0.25) is 0 Å². The molecule has 172 valence electrons. The summed E-state index contributed by atoms with van der Waals surface area (Å²) in [5.41, 5.74) is 1.12. The molecule has 8 heteroatoms. The second-order valence-electron chi connectivity index (χ2n) is 9.50. The zero-order chi connectivity index (χ0) is 22.6. The fourth-order valence-electron chi connectivity index (χ4n) is 4.29. The highest BCUT2D eigenvalue weighted by molar-refractivity contribution is 5.90. The summed E-state index contributed by atoms with van der Waals surface area (Å²) in [5, 5.41) is 18.7. The summed E-state index contributed by atoms with van der Waals surface area (Å²) in [6.07, 6.45) is 1.92. The lowest BCUT2D eigenvalue weighted by Gasteiger charge is -2.39. The van der Waals surface area contributed by atoms with E-state index in [1.54, 1.807) is 17.0 Å². The van der Waals surface area contributed by atoms with E-state index in [0.29, 0.717) is 24.6 Å². The number of hydrogen-bond acceptors (Lipinski definition) is 6. The Balaban J connectivity index is 1.45. The van der Waals surface area contributed by atoms with E-state index in [4.69, 9.17) is 4.74 Å². The van der Waals surface area contributed by atoms with Crippen LogP contribution in [-0.2, 0) is 11.3 Å². The zero-order valence-corrected chi connectivity index (χ0v) is 18.8. The average Bonchev–Trinajstić information content (AvgIpc) is 2.73. The number of benzene rings is 1. The number of aliphatic hydroxyl groups excluding tert-OH is 1. The molecule has 0 spiro atoms. The van der Waals surface area contributed by atoms with Gasteiger partial charge in [0.25, 0.3) is 0 Å². The molecule has 0 saturated carbocycles. The number of nitrogens with zero attached hydrogens (tertiary/aromatic N) is 3. The number of aliphatic hydroxyl groups is 1. The van der Waals surface area contributed by atoms with Crippen molar-refractivity contribution in [2.45, 2.75) is 45.8 Å². The number of carboxylic acid groups (broad SMARTS) is 1. The number of hydrogen-bond donors (Lipinski definition) is 2. The summed E-state index contributed by atoms with van der Waals surface area (Å²) >= 11 is 0. The number of carbonyl (C=O) groups is 2. The molecule has 2 aliphatic rings. The quantitative estimate of drug-likeness (QED) is 0.737. The molecule has 0 atom stereocenters. The first kappa shape index (κ1) is 23.3. The van der Waals surface area contributed by atoms with Crippen LogP contribution in [0.4, 0.5) is 10.5 Å². The molecule has 2 fully saturated rings. The number of ether oxygens (including phenoxy) is 1. The Bertz CT molecular complexity index is 776. The molecule has 2 heterocycles. The number of amides is 1. The Morgan fingerprint density at radius 2 is 1.71 bits per heavy atom. The maximum atomic E-state index is 12.2. The summed E-state index contributed by atoms with van der Waals surface area (Å²) in [5.74, 6) is -0.402. The average molecular weight is 434 g/mol. The van der Waals surface area contributed by atoms with Gasteiger partial charge in [0.05, 0.1) is 12.2 Å². The molecule has 2 saturated heterocycles. The van der Waals surface area contributed by atoms with Crippen LogP contribution in [-0.4, -0.2) is 83.5 Å². The Kier molecular flexibility index (Phi) is 7.43. The smallest absolute Gasteiger partial charge is 0.410 e. The monoisotopic (exact) mass is 433 g/mol. The van der Waals surface area contributed by atoms with Crippen LogP contribution >= 0.6 is 0 Å². The number of anilines is 1. The van der Waals surface area contributed by atoms with Crippen molar-refractivity contribution in [1.82, 2.24) is 9.80 Å². The van der Waals surface area contributed by atoms with Gasteiger partial charge in [-0.2, -0.15) is 0 Å². The predicted molar refractivity (Wildman–Crippen MR) is 119 cm³/mol. The van der Waals surface area contributed by atoms with E-state index in [0.717, 1.165) is 51.3 Å². The largest absolute Gasteiger partial charge is 0.478 e. The van der Waals surface area contributed by atoms with Gasteiger partial charge in [0.15, 0.2) is 0 Å². The number of carboxylic acids is 1. The number of piperidine rings is 1. The zero-order valence-electron chi connectivity index (χ0n) is 18.8. The van der Waals surface area contributed by atoms with Gasteiger partial charge in [-0.25, -0.2) is 9.59 Å². The molecule has 1 aromatic rings. The normalized spacial score (nSPS) is 18.8. The minimum absolute atomic E-state index is 0.159. The second kappa shape index (κ2) is 9.87. The van der Waals surface area contributed by atoms with Crippen molar-refractivity contribution in [1.29, 1.82) is 0 Å². The number of carbonyl (C=O) groups excluding carboxylic acids is 1. The fraction of sp³-hybridized carbons (Fsp3) is 0.652. The summed E-state index contributed by atoms with van der Waals surface area (Å²) in [7, 11) is 0. The summed E-state index contributed by atoms with van der Waals surface area (Å²) in [4.78, 5) is 30.0. The highest BCUT2D eigenvalue weighted by Gasteiger charge is 2.28. The molecule has 2 aliphatic heterocycles. The highest BCUT2D eigenvalue weighted by Crippen LogP contribution is 2.26. The standard InChI is InChI=1S/C23H35N3O5/c1-23(2,3)31-22(30)26-12-10-24(11-13-26)15-17-6-8-25(9-7-17)19-4-5-20(21(28)29)18(14-19)16-27/h4-5,14,17,27H,6-13,15-16H2,1-3H3,(H,28,29). The molecule has 0 aromatic heterocycles. The first-order valence-electron chi connectivity index (χ1n) is 11.1. The van der Waals surface area contributed by atoms with E-state index < -0.39 is 11.6 Å². The molecular weight excluding hydrogens is 398 g/mol. The van der Waals surface area contributed by atoms with Crippen molar-refractivity contribution in [3.05, 3.63) is 29.3 Å². The van der Waals surface area contributed by atoms with Gasteiger partial charge in [-0.15, -0.1) is 0 Å². The van der Waals surface area contributed by atoms with Crippen LogP contribution < -0.4 is 4.90 Å². The first-order chi connectivity index (χ1) is 14.7. The predicted octanol–water partition coefficient (Wildman–Crippen LogP) is 2.65. The van der Waals surface area contributed by atoms with Crippen LogP contribution in [0.15, 0.2) is 18.2 Å². The minimum Gasteiger partial charge on any atom is -0.478 e. The van der Waals surface area contributed by atoms with Crippen LogP contribution in [0.5, 0.6) is 0 Å². The van der Waals surface area contributed by atoms with E-state index in [9.17, 15) is 19.8 Å². The van der Waals surface area contributed by atoms with Gasteiger partial charge in [0, 0.05) is 51.5 Å². The second-order valence-corrected chi connectivity index (χ2v) is 9.50. The molecule has 0 aliphatic carbocycles. The molecule has 31 heavy (non-hydrogen) atoms. The summed E-state index contributed by atoms with van der Waals surface area (Å²) in [6, 6.07) is 5.21. The molecule has 2 N–H and O–H groups in total. The number of aromatic carboxylic acids is 1. The van der Waals surface area contributed by atoms with E-state index in [1.165, 1.54) is 0 Å². The Labute approximate surface area is 184 Å². The molecule has 3 rings (SSSR count). The van der Waals surface area contributed by atoms with Crippen LogP contribution in [0.2, 0.25) is 0 Å². The third-order valence-electron chi connectivity index (χ3n) is 6.01. The van der Waals surface area contributed by atoms with Gasteiger partial charge < -0.3 is 24.7 Å². The fourth-order valence-corrected chi connectivity index (χ4v) is 4.29. The highest BCUT2D eigenvalue weighted by atomic mass is 16.6. The van der Waals surface area contributed by atoms with Crippen molar-refractivity contribution in [2.75, 3.05) is 50.7 Å². The molecule has 1 amide bonds. The molecular formula is C23H35N3O5. The van der Waals surface area contributed by atoms with Crippen molar-refractivity contribution in [3.8, 4) is 0 Å². The summed E-state index contributed by atoms with van der Waals surface area (Å²) in [6.45, 7) is 11.4. The van der Waals surface area contributed by atoms with Gasteiger partial charge in [-0.1, -0.05) is 0 Å². The van der Waals surface area contributed by atoms with Crippen molar-refractivity contribution in [2.24, 2.45) is 5.92 Å². The van der Waals surface area contributed by atoms with Crippen LogP contribution in [0.3, 0.4) is 0 Å². The van der Waals surface area contributed by atoms with Gasteiger partial charge in [0.1, 0.15) is 5.60 Å². The van der Waals surface area contributed by atoms with Crippen LogP contribution in [0.1, 0.15) is 49.5 Å². The topological polar surface area (TPSA) is 93.6 Å². The van der Waals surface area contributed by atoms with E-state index in [-0.39, 0.29) is 18.3 Å². The minimum atomic E-state index is -1.01. The van der Waals surface area contributed by atoms with Crippen molar-refractivity contribution < 1.29 is 24.5 Å².